The third kappa shape index (κ3) is 4.27. The fraction of sp³-hybridized carbons (Fsp3) is 0.120. The van der Waals surface area contributed by atoms with E-state index in [1.54, 1.807) is 12.4 Å². The molecule has 5 aromatic rings. The Labute approximate surface area is 209 Å². The number of anilines is 1. The minimum atomic E-state index is -4.01. The Morgan fingerprint density at radius 1 is 0.833 bits per heavy atom. The molecule has 0 spiro atoms. The highest BCUT2D eigenvalue weighted by molar-refractivity contribution is 7.91. The predicted octanol–water partition coefficient (Wildman–Crippen LogP) is 3.80. The van der Waals surface area contributed by atoms with Crippen LogP contribution in [0.2, 0.25) is 0 Å². The summed E-state index contributed by atoms with van der Waals surface area (Å²) in [5, 5.41) is 4.91. The Morgan fingerprint density at radius 3 is 2.14 bits per heavy atom. The van der Waals surface area contributed by atoms with Crippen molar-refractivity contribution in [3.05, 3.63) is 79.4 Å². The van der Waals surface area contributed by atoms with Crippen LogP contribution in [-0.2, 0) is 19.9 Å². The van der Waals surface area contributed by atoms with E-state index in [1.165, 1.54) is 36.7 Å². The molecule has 0 atom stereocenters. The Morgan fingerprint density at radius 2 is 1.50 bits per heavy atom. The molecule has 36 heavy (non-hydrogen) atoms. The monoisotopic (exact) mass is 521 g/mol. The molecule has 0 unspecified atom stereocenters. The second-order valence-corrected chi connectivity index (χ2v) is 12.4. The second-order valence-electron chi connectivity index (χ2n) is 8.61. The Kier molecular flexibility index (Phi) is 5.68. The predicted molar refractivity (Wildman–Crippen MR) is 139 cm³/mol. The molecule has 0 aliphatic rings. The van der Waals surface area contributed by atoms with Crippen LogP contribution in [0.15, 0.2) is 89.2 Å². The topological polar surface area (TPSA) is 118 Å². The van der Waals surface area contributed by atoms with E-state index in [-0.39, 0.29) is 9.79 Å². The quantitative estimate of drug-likeness (QED) is 0.361. The van der Waals surface area contributed by atoms with Crippen LogP contribution < -0.4 is 4.90 Å². The van der Waals surface area contributed by atoms with Gasteiger partial charge in [-0.25, -0.2) is 13.4 Å². The molecule has 0 radical (unpaired) electrons. The second kappa shape index (κ2) is 8.61. The van der Waals surface area contributed by atoms with Crippen LogP contribution in [0.4, 0.5) is 5.69 Å². The number of rotatable bonds is 6. The van der Waals surface area contributed by atoms with E-state index in [0.29, 0.717) is 11.2 Å². The first-order valence-electron chi connectivity index (χ1n) is 10.9. The summed E-state index contributed by atoms with van der Waals surface area (Å²) in [5.74, 6) is 0. The zero-order valence-electron chi connectivity index (χ0n) is 19.7. The van der Waals surface area contributed by atoms with E-state index in [4.69, 9.17) is 0 Å². The fourth-order valence-electron chi connectivity index (χ4n) is 3.89. The van der Waals surface area contributed by atoms with Crippen LogP contribution >= 0.6 is 0 Å². The maximum absolute atomic E-state index is 13.1. The molecule has 0 amide bonds. The van der Waals surface area contributed by atoms with Gasteiger partial charge in [0, 0.05) is 60.5 Å². The summed E-state index contributed by atoms with van der Waals surface area (Å²) >= 11 is 0. The summed E-state index contributed by atoms with van der Waals surface area (Å²) < 4.78 is 50.4. The van der Waals surface area contributed by atoms with E-state index in [0.717, 1.165) is 38.1 Å². The van der Waals surface area contributed by atoms with E-state index >= 15 is 0 Å². The van der Waals surface area contributed by atoms with Gasteiger partial charge in [-0.3, -0.25) is 0 Å². The minimum Gasteiger partial charge on any atom is -0.378 e. The van der Waals surface area contributed by atoms with Crippen LogP contribution in [0.25, 0.3) is 33.3 Å². The lowest BCUT2D eigenvalue weighted by Crippen LogP contribution is -2.13. The van der Waals surface area contributed by atoms with Gasteiger partial charge in [0.05, 0.1) is 22.2 Å². The molecule has 3 heterocycles. The van der Waals surface area contributed by atoms with Gasteiger partial charge in [-0.1, -0.05) is 12.1 Å². The molecule has 11 heteroatoms. The first kappa shape index (κ1) is 23.8. The highest BCUT2D eigenvalue weighted by atomic mass is 32.2. The summed E-state index contributed by atoms with van der Waals surface area (Å²) in [4.78, 5) is 9.67. The van der Waals surface area contributed by atoms with Crippen molar-refractivity contribution in [2.75, 3.05) is 25.3 Å². The Bertz CT molecular complexity index is 1790. The van der Waals surface area contributed by atoms with Crippen LogP contribution in [0.5, 0.6) is 0 Å². The first-order chi connectivity index (χ1) is 17.0. The maximum Gasteiger partial charge on any atom is 0.282 e. The number of aromatic amines is 1. The van der Waals surface area contributed by atoms with Gasteiger partial charge in [-0.05, 0) is 48.0 Å². The number of nitrogens with zero attached hydrogens (tertiary/aromatic N) is 4. The average Bonchev–Trinajstić information content (AvgIpc) is 3.51. The summed E-state index contributed by atoms with van der Waals surface area (Å²) in [6.07, 6.45) is 7.54. The molecule has 5 rings (SSSR count). The number of hydrogen-bond donors (Lipinski definition) is 1. The number of nitrogens with one attached hydrogen (secondary N) is 1. The average molecular weight is 522 g/mol. The standard InChI is InChI=1S/C25H23N5O4S2/c1-29(2)20-6-4-17(5-7-20)18-12-23-24(15-27-25(23)26-13-18)19-14-28-30(16-19)36(33,34)22-10-8-21(9-11-22)35(3,31)32/h4-16H,1-3H3,(H,26,27). The van der Waals surface area contributed by atoms with Crippen LogP contribution in [0.3, 0.4) is 0 Å². The van der Waals surface area contributed by atoms with Gasteiger partial charge in [-0.15, -0.1) is 0 Å². The lowest BCUT2D eigenvalue weighted by atomic mass is 10.0. The van der Waals surface area contributed by atoms with Gasteiger partial charge in [0.25, 0.3) is 10.0 Å². The molecule has 0 aliphatic heterocycles. The number of aromatic nitrogens is 4. The maximum atomic E-state index is 13.1. The fourth-order valence-corrected chi connectivity index (χ4v) is 5.64. The number of hydrogen-bond acceptors (Lipinski definition) is 7. The molecular weight excluding hydrogens is 498 g/mol. The zero-order valence-corrected chi connectivity index (χ0v) is 21.4. The zero-order chi connectivity index (χ0) is 25.7. The first-order valence-corrected chi connectivity index (χ1v) is 14.2. The van der Waals surface area contributed by atoms with Crippen molar-refractivity contribution in [3.63, 3.8) is 0 Å². The third-order valence-corrected chi connectivity index (χ3v) is 8.60. The summed E-state index contributed by atoms with van der Waals surface area (Å²) in [5.41, 5.74) is 5.07. The van der Waals surface area contributed by atoms with Gasteiger partial charge in [0.1, 0.15) is 5.65 Å². The molecule has 1 N–H and O–H groups in total. The van der Waals surface area contributed by atoms with Crippen molar-refractivity contribution in [2.24, 2.45) is 0 Å². The van der Waals surface area contributed by atoms with Crippen molar-refractivity contribution in [1.29, 1.82) is 0 Å². The lowest BCUT2D eigenvalue weighted by Gasteiger charge is -2.12. The number of sulfone groups is 1. The molecule has 2 aromatic carbocycles. The van der Waals surface area contributed by atoms with Crippen LogP contribution in [-0.4, -0.2) is 56.3 Å². The van der Waals surface area contributed by atoms with E-state index in [9.17, 15) is 16.8 Å². The van der Waals surface area contributed by atoms with Crippen LogP contribution in [0.1, 0.15) is 0 Å². The third-order valence-electron chi connectivity index (χ3n) is 5.92. The van der Waals surface area contributed by atoms with E-state index in [1.807, 2.05) is 49.3 Å². The number of pyridine rings is 1. The Hall–Kier alpha value is -3.96. The SMILES string of the molecule is CN(C)c1ccc(-c2cnc3[nH]cc(-c4cnn(S(=O)(=O)c5ccc(S(C)(=O)=O)cc5)c4)c3c2)cc1. The van der Waals surface area contributed by atoms with Crippen molar-refractivity contribution in [1.82, 2.24) is 19.2 Å². The van der Waals surface area contributed by atoms with E-state index < -0.39 is 19.9 Å². The van der Waals surface area contributed by atoms with Gasteiger partial charge >= 0.3 is 0 Å². The van der Waals surface area contributed by atoms with Gasteiger partial charge in [-0.2, -0.15) is 17.6 Å². The summed E-state index contributed by atoms with van der Waals surface area (Å²) in [7, 11) is -3.47. The molecular formula is C25H23N5O4S2. The number of benzene rings is 2. The molecule has 0 bridgehead atoms. The van der Waals surface area contributed by atoms with Crippen molar-refractivity contribution >= 4 is 36.6 Å². The van der Waals surface area contributed by atoms with Crippen molar-refractivity contribution in [2.45, 2.75) is 9.79 Å². The lowest BCUT2D eigenvalue weighted by molar-refractivity contribution is 0.579. The van der Waals surface area contributed by atoms with Gasteiger partial charge in [0.15, 0.2) is 9.84 Å². The molecule has 0 saturated carbocycles. The number of fused-ring (bicyclic) bond motifs is 1. The molecule has 0 aliphatic carbocycles. The molecule has 0 fully saturated rings. The van der Waals surface area contributed by atoms with Crippen molar-refractivity contribution in [3.8, 4) is 22.3 Å². The van der Waals surface area contributed by atoms with E-state index in [2.05, 4.69) is 15.1 Å². The highest BCUT2D eigenvalue weighted by Crippen LogP contribution is 2.32. The van der Waals surface area contributed by atoms with Gasteiger partial charge in [0.2, 0.25) is 0 Å². The molecule has 9 nitrogen and oxygen atoms in total. The minimum absolute atomic E-state index is 0.0426. The molecule has 0 saturated heterocycles. The number of H-pyrrole nitrogens is 1. The van der Waals surface area contributed by atoms with Crippen LogP contribution in [0, 0.1) is 0 Å². The highest BCUT2D eigenvalue weighted by Gasteiger charge is 2.20. The molecule has 184 valence electrons. The molecule has 3 aromatic heterocycles. The summed E-state index contributed by atoms with van der Waals surface area (Å²) in [6, 6.07) is 15.2. The summed E-state index contributed by atoms with van der Waals surface area (Å²) in [6.45, 7) is 0. The normalized spacial score (nSPS) is 12.2. The smallest absolute Gasteiger partial charge is 0.282 e. The van der Waals surface area contributed by atoms with Gasteiger partial charge < -0.3 is 9.88 Å². The Balaban J connectivity index is 1.50. The largest absolute Gasteiger partial charge is 0.378 e. The van der Waals surface area contributed by atoms with Crippen molar-refractivity contribution < 1.29 is 16.8 Å².